The van der Waals surface area contributed by atoms with E-state index in [2.05, 4.69) is 25.1 Å². The summed E-state index contributed by atoms with van der Waals surface area (Å²) in [6.07, 6.45) is 6.78. The lowest BCUT2D eigenvalue weighted by atomic mass is 10.2. The van der Waals surface area contributed by atoms with Crippen LogP contribution in [0.2, 0.25) is 0 Å². The minimum Gasteiger partial charge on any atom is -0.365 e. The maximum absolute atomic E-state index is 12.1. The molecule has 0 spiro atoms. The molecule has 11 heteroatoms. The first-order chi connectivity index (χ1) is 16.6. The number of piperazine rings is 1. The van der Waals surface area contributed by atoms with Gasteiger partial charge >= 0.3 is 0 Å². The van der Waals surface area contributed by atoms with E-state index in [1.165, 1.54) is 6.33 Å². The fourth-order valence-corrected chi connectivity index (χ4v) is 4.45. The van der Waals surface area contributed by atoms with Crippen molar-refractivity contribution in [2.24, 2.45) is 0 Å². The molecule has 4 heterocycles. The fourth-order valence-electron chi connectivity index (χ4n) is 3.79. The number of hydrogen-bond acceptors (Lipinski definition) is 10. The van der Waals surface area contributed by atoms with Crippen LogP contribution in [0.4, 0.5) is 27.9 Å². The van der Waals surface area contributed by atoms with Gasteiger partial charge in [0.25, 0.3) is 11.1 Å². The average molecular weight is 475 g/mol. The number of amides is 2. The number of thioether (sulfide) groups is 1. The highest BCUT2D eigenvalue weighted by Crippen LogP contribution is 2.29. The Morgan fingerprint density at radius 1 is 1.00 bits per heavy atom. The number of anilines is 4. The van der Waals surface area contributed by atoms with Gasteiger partial charge in [0.15, 0.2) is 0 Å². The lowest BCUT2D eigenvalue weighted by Gasteiger charge is -2.36. The number of carbonyl (C=O) groups excluding carboxylic acids is 2. The van der Waals surface area contributed by atoms with Crippen LogP contribution < -0.4 is 20.0 Å². The number of nitrogens with one attached hydrogen (secondary N) is 1. The van der Waals surface area contributed by atoms with Gasteiger partial charge in [0.05, 0.1) is 28.7 Å². The molecule has 2 amide bonds. The summed E-state index contributed by atoms with van der Waals surface area (Å²) >= 11 is 0.874. The van der Waals surface area contributed by atoms with E-state index in [4.69, 9.17) is 9.97 Å². The zero-order valence-corrected chi connectivity index (χ0v) is 19.3. The van der Waals surface area contributed by atoms with Gasteiger partial charge in [0.2, 0.25) is 5.95 Å². The van der Waals surface area contributed by atoms with Gasteiger partial charge in [-0.3, -0.25) is 14.9 Å². The Kier molecular flexibility index (Phi) is 6.09. The van der Waals surface area contributed by atoms with Gasteiger partial charge in [-0.1, -0.05) is 18.2 Å². The van der Waals surface area contributed by atoms with E-state index in [0.717, 1.165) is 49.3 Å². The Hall–Kier alpha value is -3.99. The predicted molar refractivity (Wildman–Crippen MR) is 132 cm³/mol. The largest absolute Gasteiger partial charge is 0.365 e. The lowest BCUT2D eigenvalue weighted by Crippen LogP contribution is -2.47. The number of nitrogens with zero attached hydrogens (tertiary/aromatic N) is 7. The zero-order valence-electron chi connectivity index (χ0n) is 18.5. The number of imide groups is 1. The van der Waals surface area contributed by atoms with Crippen molar-refractivity contribution >= 4 is 52.1 Å². The normalized spacial score (nSPS) is 17.3. The summed E-state index contributed by atoms with van der Waals surface area (Å²) < 4.78 is 0. The molecule has 172 valence electrons. The number of carbonyl (C=O) groups is 2. The number of rotatable bonds is 5. The highest BCUT2D eigenvalue weighted by atomic mass is 32.2. The van der Waals surface area contributed by atoms with Crippen LogP contribution in [0.5, 0.6) is 0 Å². The summed E-state index contributed by atoms with van der Waals surface area (Å²) in [4.78, 5) is 48.1. The van der Waals surface area contributed by atoms with E-state index < -0.39 is 5.91 Å². The predicted octanol–water partition coefficient (Wildman–Crippen LogP) is 2.68. The molecule has 0 unspecified atom stereocenters. The molecule has 1 N–H and O–H groups in total. The second-order valence-corrected chi connectivity index (χ2v) is 8.78. The van der Waals surface area contributed by atoms with Gasteiger partial charge in [-0.2, -0.15) is 4.98 Å². The van der Waals surface area contributed by atoms with Crippen molar-refractivity contribution in [2.75, 3.05) is 47.9 Å². The molecule has 2 saturated heterocycles. The summed E-state index contributed by atoms with van der Waals surface area (Å²) in [5, 5.41) is 1.90. The van der Waals surface area contributed by atoms with E-state index in [1.54, 1.807) is 6.08 Å². The number of aromatic nitrogens is 4. The number of para-hydroxylation sites is 1. The van der Waals surface area contributed by atoms with Gasteiger partial charge in [-0.05, 0) is 30.0 Å². The second kappa shape index (κ2) is 9.48. The molecule has 0 atom stereocenters. The first-order valence-electron chi connectivity index (χ1n) is 10.7. The molecule has 0 aliphatic carbocycles. The molecular formula is C23H22N8O2S. The van der Waals surface area contributed by atoms with Crippen molar-refractivity contribution in [1.29, 1.82) is 0 Å². The van der Waals surface area contributed by atoms with E-state index in [-0.39, 0.29) is 5.24 Å². The van der Waals surface area contributed by atoms with Crippen molar-refractivity contribution in [3.8, 4) is 0 Å². The molecule has 2 aliphatic heterocycles. The van der Waals surface area contributed by atoms with Gasteiger partial charge in [0, 0.05) is 45.0 Å². The molecule has 2 fully saturated rings. The number of hydrogen-bond donors (Lipinski definition) is 1. The van der Waals surface area contributed by atoms with E-state index >= 15 is 0 Å². The standard InChI is InChI=1S/C23H22N8O2S/c1-29(17-5-3-2-4-6-17)20-12-16(11-19-21(32)28-23(33)34-19)26-22(27-20)31-9-7-30(8-10-31)18-13-24-15-25-14-18/h2-6,11-15H,7-10H2,1H3,(H,28,32,33). The molecule has 2 aliphatic rings. The highest BCUT2D eigenvalue weighted by molar-refractivity contribution is 8.18. The Morgan fingerprint density at radius 3 is 2.38 bits per heavy atom. The SMILES string of the molecule is CN(c1ccccc1)c1cc(C=C2SC(=O)NC2=O)nc(N2CCN(c3cncnc3)CC2)n1. The van der Waals surface area contributed by atoms with Crippen molar-refractivity contribution in [3.63, 3.8) is 0 Å². The van der Waals surface area contributed by atoms with Crippen molar-refractivity contribution in [2.45, 2.75) is 0 Å². The van der Waals surface area contributed by atoms with E-state index in [9.17, 15) is 9.59 Å². The molecule has 5 rings (SSSR count). The third kappa shape index (κ3) is 4.69. The van der Waals surface area contributed by atoms with Crippen molar-refractivity contribution in [3.05, 3.63) is 65.7 Å². The van der Waals surface area contributed by atoms with Crippen LogP contribution in [0.1, 0.15) is 5.69 Å². The Bertz CT molecular complexity index is 1230. The van der Waals surface area contributed by atoms with Crippen LogP contribution in [0, 0.1) is 0 Å². The first kappa shape index (κ1) is 21.8. The molecule has 2 aromatic heterocycles. The van der Waals surface area contributed by atoms with Crippen LogP contribution in [0.3, 0.4) is 0 Å². The third-order valence-corrected chi connectivity index (χ3v) is 6.41. The zero-order chi connectivity index (χ0) is 23.5. The summed E-state index contributed by atoms with van der Waals surface area (Å²) in [5.41, 5.74) is 2.52. The minimum absolute atomic E-state index is 0.317. The molecule has 0 bridgehead atoms. The summed E-state index contributed by atoms with van der Waals surface area (Å²) in [6, 6.07) is 11.7. The third-order valence-electron chi connectivity index (χ3n) is 5.60. The monoisotopic (exact) mass is 474 g/mol. The van der Waals surface area contributed by atoms with Crippen LogP contribution in [0.25, 0.3) is 6.08 Å². The number of benzene rings is 1. The molecule has 0 radical (unpaired) electrons. The van der Waals surface area contributed by atoms with Crippen LogP contribution in [-0.4, -0.2) is 64.3 Å². The van der Waals surface area contributed by atoms with Crippen molar-refractivity contribution < 1.29 is 9.59 Å². The van der Waals surface area contributed by atoms with Crippen molar-refractivity contribution in [1.82, 2.24) is 25.3 Å². The van der Waals surface area contributed by atoms with E-state index in [0.29, 0.717) is 22.4 Å². The van der Waals surface area contributed by atoms with Crippen LogP contribution >= 0.6 is 11.8 Å². The molecule has 1 aromatic carbocycles. The fraction of sp³-hybridized carbons (Fsp3) is 0.217. The highest BCUT2D eigenvalue weighted by Gasteiger charge is 2.26. The summed E-state index contributed by atoms with van der Waals surface area (Å²) in [7, 11) is 1.94. The Morgan fingerprint density at radius 2 is 1.71 bits per heavy atom. The Labute approximate surface area is 200 Å². The first-order valence-corrected chi connectivity index (χ1v) is 11.6. The molecule has 0 saturated carbocycles. The Balaban J connectivity index is 1.45. The minimum atomic E-state index is -0.410. The smallest absolute Gasteiger partial charge is 0.290 e. The summed E-state index contributed by atoms with van der Waals surface area (Å²) in [6.45, 7) is 2.99. The summed E-state index contributed by atoms with van der Waals surface area (Å²) in [5.74, 6) is 0.856. The average Bonchev–Trinajstić information content (AvgIpc) is 3.20. The maximum Gasteiger partial charge on any atom is 0.290 e. The van der Waals surface area contributed by atoms with Crippen LogP contribution in [0.15, 0.2) is 60.0 Å². The molecule has 34 heavy (non-hydrogen) atoms. The molecule has 3 aromatic rings. The maximum atomic E-state index is 12.1. The van der Waals surface area contributed by atoms with Gasteiger partial charge in [-0.15, -0.1) is 0 Å². The van der Waals surface area contributed by atoms with Crippen LogP contribution in [-0.2, 0) is 4.79 Å². The second-order valence-electron chi connectivity index (χ2n) is 7.77. The molecular weight excluding hydrogens is 452 g/mol. The lowest BCUT2D eigenvalue weighted by molar-refractivity contribution is -0.115. The van der Waals surface area contributed by atoms with Gasteiger partial charge < -0.3 is 14.7 Å². The van der Waals surface area contributed by atoms with Gasteiger partial charge in [-0.25, -0.2) is 15.0 Å². The quantitative estimate of drug-likeness (QED) is 0.555. The van der Waals surface area contributed by atoms with Gasteiger partial charge in [0.1, 0.15) is 12.1 Å². The van der Waals surface area contributed by atoms with E-state index in [1.807, 2.05) is 60.7 Å². The topological polar surface area (TPSA) is 107 Å². The molecule has 10 nitrogen and oxygen atoms in total.